The summed E-state index contributed by atoms with van der Waals surface area (Å²) in [5.74, 6) is -0.916. The largest absolute Gasteiger partial charge is 0.465 e. The van der Waals surface area contributed by atoms with E-state index >= 15 is 0 Å². The average molecular weight is 324 g/mol. The Kier molecular flexibility index (Phi) is 5.37. The van der Waals surface area contributed by atoms with Crippen LogP contribution in [0.15, 0.2) is 23.7 Å². The molecule has 0 unspecified atom stereocenters. The molecule has 0 bridgehead atoms. The van der Waals surface area contributed by atoms with Crippen LogP contribution in [-0.4, -0.2) is 33.6 Å². The monoisotopic (exact) mass is 324 g/mol. The van der Waals surface area contributed by atoms with Crippen molar-refractivity contribution in [3.05, 3.63) is 45.9 Å². The van der Waals surface area contributed by atoms with Gasteiger partial charge in [0.2, 0.25) is 0 Å². The summed E-state index contributed by atoms with van der Waals surface area (Å²) in [6, 6.07) is 2.74. The van der Waals surface area contributed by atoms with Crippen molar-refractivity contribution in [1.82, 2.24) is 20.6 Å². The lowest BCUT2D eigenvalue weighted by atomic mass is 10.3. The van der Waals surface area contributed by atoms with E-state index in [2.05, 4.69) is 20.6 Å². The van der Waals surface area contributed by atoms with Gasteiger partial charge in [-0.2, -0.15) is 0 Å². The van der Waals surface area contributed by atoms with Crippen LogP contribution in [0.2, 0.25) is 0 Å². The second-order valence-corrected chi connectivity index (χ2v) is 5.17. The summed E-state index contributed by atoms with van der Waals surface area (Å²) in [6.45, 7) is 0.196. The van der Waals surface area contributed by atoms with Crippen LogP contribution in [0.1, 0.15) is 21.2 Å². The van der Waals surface area contributed by atoms with E-state index in [9.17, 15) is 14.0 Å². The minimum atomic E-state index is -1.10. The Morgan fingerprint density at radius 2 is 2.18 bits per heavy atom. The second kappa shape index (κ2) is 7.46. The van der Waals surface area contributed by atoms with Gasteiger partial charge in [0, 0.05) is 24.5 Å². The van der Waals surface area contributed by atoms with Crippen LogP contribution in [0.25, 0.3) is 0 Å². The third-order valence-corrected chi connectivity index (χ3v) is 3.56. The fourth-order valence-electron chi connectivity index (χ4n) is 1.61. The molecule has 2 rings (SSSR count). The summed E-state index contributed by atoms with van der Waals surface area (Å²) >= 11 is 1.26. The minimum absolute atomic E-state index is 0.0288. The number of carbonyl (C=O) groups is 2. The maximum Gasteiger partial charge on any atom is 0.404 e. The minimum Gasteiger partial charge on any atom is -0.465 e. The SMILES string of the molecule is O=C(O)NCCc1nc(C(=O)NCc2ncccc2F)cs1. The van der Waals surface area contributed by atoms with Crippen molar-refractivity contribution in [2.75, 3.05) is 6.54 Å². The highest BCUT2D eigenvalue weighted by Gasteiger charge is 2.12. The fraction of sp³-hybridized carbons (Fsp3) is 0.231. The van der Waals surface area contributed by atoms with Gasteiger partial charge in [-0.3, -0.25) is 9.78 Å². The van der Waals surface area contributed by atoms with E-state index in [1.165, 1.54) is 29.7 Å². The normalized spacial score (nSPS) is 10.2. The van der Waals surface area contributed by atoms with Crippen molar-refractivity contribution < 1.29 is 19.1 Å². The number of nitrogens with one attached hydrogen (secondary N) is 2. The molecule has 116 valence electrons. The van der Waals surface area contributed by atoms with Gasteiger partial charge in [0.1, 0.15) is 11.5 Å². The number of amides is 2. The van der Waals surface area contributed by atoms with E-state index in [0.717, 1.165) is 0 Å². The van der Waals surface area contributed by atoms with Crippen LogP contribution in [0.4, 0.5) is 9.18 Å². The van der Waals surface area contributed by atoms with E-state index in [0.29, 0.717) is 11.4 Å². The maximum atomic E-state index is 13.4. The van der Waals surface area contributed by atoms with Gasteiger partial charge in [0.15, 0.2) is 0 Å². The summed E-state index contributed by atoms with van der Waals surface area (Å²) in [6.07, 6.45) is 0.743. The highest BCUT2D eigenvalue weighted by Crippen LogP contribution is 2.10. The predicted molar refractivity (Wildman–Crippen MR) is 77.2 cm³/mol. The molecule has 0 aliphatic rings. The van der Waals surface area contributed by atoms with Crippen molar-refractivity contribution in [1.29, 1.82) is 0 Å². The van der Waals surface area contributed by atoms with Crippen LogP contribution in [0.3, 0.4) is 0 Å². The van der Waals surface area contributed by atoms with Gasteiger partial charge in [-0.1, -0.05) is 0 Å². The van der Waals surface area contributed by atoms with Crippen LogP contribution in [-0.2, 0) is 13.0 Å². The fourth-order valence-corrected chi connectivity index (χ4v) is 2.39. The smallest absolute Gasteiger partial charge is 0.404 e. The van der Waals surface area contributed by atoms with Gasteiger partial charge < -0.3 is 15.7 Å². The van der Waals surface area contributed by atoms with Gasteiger partial charge in [-0.25, -0.2) is 14.2 Å². The lowest BCUT2D eigenvalue weighted by Crippen LogP contribution is -2.25. The van der Waals surface area contributed by atoms with Crippen LogP contribution < -0.4 is 10.6 Å². The number of carboxylic acid groups (broad SMARTS) is 1. The zero-order valence-electron chi connectivity index (χ0n) is 11.4. The summed E-state index contributed by atoms with van der Waals surface area (Å²) in [5.41, 5.74) is 0.364. The van der Waals surface area contributed by atoms with Crippen molar-refractivity contribution in [2.24, 2.45) is 0 Å². The molecule has 0 fully saturated rings. The van der Waals surface area contributed by atoms with Crippen LogP contribution in [0.5, 0.6) is 0 Å². The number of thiazole rings is 1. The lowest BCUT2D eigenvalue weighted by Gasteiger charge is -2.03. The highest BCUT2D eigenvalue weighted by molar-refractivity contribution is 7.09. The molecule has 0 aliphatic heterocycles. The number of halogens is 1. The topological polar surface area (TPSA) is 104 Å². The van der Waals surface area contributed by atoms with Crippen molar-refractivity contribution >= 4 is 23.3 Å². The lowest BCUT2D eigenvalue weighted by molar-refractivity contribution is 0.0945. The number of nitrogens with zero attached hydrogens (tertiary/aromatic N) is 2. The summed E-state index contributed by atoms with van der Waals surface area (Å²) in [5, 5.41) is 15.4. The van der Waals surface area contributed by atoms with Gasteiger partial charge in [-0.15, -0.1) is 11.3 Å². The molecule has 0 spiro atoms. The number of pyridine rings is 1. The van der Waals surface area contributed by atoms with E-state index in [1.54, 1.807) is 5.38 Å². The molecule has 2 aromatic rings. The molecule has 7 nitrogen and oxygen atoms in total. The van der Waals surface area contributed by atoms with E-state index in [-0.39, 0.29) is 24.5 Å². The first kappa shape index (κ1) is 15.8. The van der Waals surface area contributed by atoms with Crippen LogP contribution in [0, 0.1) is 5.82 Å². The Hall–Kier alpha value is -2.55. The van der Waals surface area contributed by atoms with E-state index in [1.807, 2.05) is 0 Å². The van der Waals surface area contributed by atoms with Gasteiger partial charge in [0.25, 0.3) is 5.91 Å². The molecule has 2 amide bonds. The molecule has 2 heterocycles. The van der Waals surface area contributed by atoms with Gasteiger partial charge >= 0.3 is 6.09 Å². The molecule has 3 N–H and O–H groups in total. The Labute approximate surface area is 129 Å². The predicted octanol–water partition coefficient (Wildman–Crippen LogP) is 1.42. The zero-order valence-corrected chi connectivity index (χ0v) is 12.2. The quantitative estimate of drug-likeness (QED) is 0.745. The van der Waals surface area contributed by atoms with Gasteiger partial charge in [-0.05, 0) is 12.1 Å². The zero-order chi connectivity index (χ0) is 15.9. The Morgan fingerprint density at radius 3 is 2.91 bits per heavy atom. The molecular weight excluding hydrogens is 311 g/mol. The van der Waals surface area contributed by atoms with Crippen molar-refractivity contribution in [3.63, 3.8) is 0 Å². The van der Waals surface area contributed by atoms with E-state index in [4.69, 9.17) is 5.11 Å². The molecule has 0 saturated carbocycles. The van der Waals surface area contributed by atoms with Gasteiger partial charge in [0.05, 0.1) is 17.2 Å². The third-order valence-electron chi connectivity index (χ3n) is 2.65. The van der Waals surface area contributed by atoms with Crippen molar-refractivity contribution in [3.8, 4) is 0 Å². The first-order valence-corrected chi connectivity index (χ1v) is 7.23. The molecule has 2 aromatic heterocycles. The molecule has 9 heteroatoms. The highest BCUT2D eigenvalue weighted by atomic mass is 32.1. The average Bonchev–Trinajstić information content (AvgIpc) is 2.94. The van der Waals surface area contributed by atoms with Crippen LogP contribution >= 0.6 is 11.3 Å². The molecule has 0 atom stereocenters. The number of aromatic nitrogens is 2. The number of rotatable bonds is 6. The molecule has 0 radical (unpaired) electrons. The standard InChI is InChI=1S/C13H13FN4O3S/c14-8-2-1-4-15-9(8)6-17-12(19)10-7-22-11(18-10)3-5-16-13(20)21/h1-2,4,7,16H,3,5-6H2,(H,17,19)(H,20,21). The first-order chi connectivity index (χ1) is 10.6. The first-order valence-electron chi connectivity index (χ1n) is 6.35. The third kappa shape index (κ3) is 4.48. The Balaban J connectivity index is 1.86. The number of hydrogen-bond acceptors (Lipinski definition) is 5. The molecule has 0 saturated heterocycles. The Bertz CT molecular complexity index is 677. The number of carbonyl (C=O) groups excluding carboxylic acids is 1. The van der Waals surface area contributed by atoms with Crippen molar-refractivity contribution in [2.45, 2.75) is 13.0 Å². The van der Waals surface area contributed by atoms with E-state index < -0.39 is 17.8 Å². The molecule has 22 heavy (non-hydrogen) atoms. The Morgan fingerprint density at radius 1 is 1.36 bits per heavy atom. The molecular formula is C13H13FN4O3S. The summed E-state index contributed by atoms with van der Waals surface area (Å²) in [4.78, 5) is 30.2. The summed E-state index contributed by atoms with van der Waals surface area (Å²) < 4.78 is 13.4. The second-order valence-electron chi connectivity index (χ2n) is 4.22. The maximum absolute atomic E-state index is 13.4. The molecule has 0 aromatic carbocycles. The molecule has 0 aliphatic carbocycles. The summed E-state index contributed by atoms with van der Waals surface area (Å²) in [7, 11) is 0. The number of hydrogen-bond donors (Lipinski definition) is 3.